The molecule has 2 aromatic carbocycles. The van der Waals surface area contributed by atoms with Crippen molar-refractivity contribution >= 4 is 35.2 Å². The molecule has 9 heteroatoms. The van der Waals surface area contributed by atoms with Gasteiger partial charge in [0.05, 0.1) is 11.4 Å². The molecule has 0 fully saturated rings. The SMILES string of the molecule is O=C(COc1ccc(F)cc1)NNC(=O)c1ccc2c(c1)NC(=O)CS2. The van der Waals surface area contributed by atoms with E-state index in [4.69, 9.17) is 4.74 Å². The fourth-order valence-electron chi connectivity index (χ4n) is 2.14. The second-order valence-corrected chi connectivity index (χ2v) is 6.31. The number of hydrogen-bond donors (Lipinski definition) is 3. The average molecular weight is 375 g/mol. The molecular formula is C17H14FN3O4S. The summed E-state index contributed by atoms with van der Waals surface area (Å²) in [5, 5.41) is 2.69. The van der Waals surface area contributed by atoms with Crippen LogP contribution in [0.4, 0.5) is 10.1 Å². The van der Waals surface area contributed by atoms with Crippen molar-refractivity contribution < 1.29 is 23.5 Å². The molecule has 0 unspecified atom stereocenters. The molecule has 3 rings (SSSR count). The Hall–Kier alpha value is -3.07. The van der Waals surface area contributed by atoms with E-state index in [1.165, 1.54) is 42.1 Å². The Balaban J connectivity index is 1.50. The van der Waals surface area contributed by atoms with Crippen molar-refractivity contribution in [2.45, 2.75) is 4.90 Å². The van der Waals surface area contributed by atoms with Gasteiger partial charge in [-0.05, 0) is 42.5 Å². The van der Waals surface area contributed by atoms with Crippen LogP contribution in [0.25, 0.3) is 0 Å². The predicted molar refractivity (Wildman–Crippen MR) is 93.3 cm³/mol. The predicted octanol–water partition coefficient (Wildman–Crippen LogP) is 1.71. The fourth-order valence-corrected chi connectivity index (χ4v) is 2.93. The van der Waals surface area contributed by atoms with Crippen LogP contribution in [0.3, 0.4) is 0 Å². The molecule has 26 heavy (non-hydrogen) atoms. The number of amides is 3. The molecule has 0 bridgehead atoms. The van der Waals surface area contributed by atoms with Crippen LogP contribution >= 0.6 is 11.8 Å². The number of ether oxygens (including phenoxy) is 1. The summed E-state index contributed by atoms with van der Waals surface area (Å²) in [5.41, 5.74) is 5.33. The second kappa shape index (κ2) is 7.87. The quantitative estimate of drug-likeness (QED) is 0.707. The maximum atomic E-state index is 12.8. The van der Waals surface area contributed by atoms with Gasteiger partial charge in [-0.2, -0.15) is 0 Å². The first-order valence-electron chi connectivity index (χ1n) is 7.55. The summed E-state index contributed by atoms with van der Waals surface area (Å²) >= 11 is 1.39. The lowest BCUT2D eigenvalue weighted by atomic mass is 10.2. The Kier molecular flexibility index (Phi) is 5.37. The van der Waals surface area contributed by atoms with E-state index in [-0.39, 0.29) is 18.1 Å². The van der Waals surface area contributed by atoms with Crippen molar-refractivity contribution in [1.29, 1.82) is 0 Å². The smallest absolute Gasteiger partial charge is 0.276 e. The molecule has 1 heterocycles. The van der Waals surface area contributed by atoms with Crippen molar-refractivity contribution in [3.05, 3.63) is 53.8 Å². The van der Waals surface area contributed by atoms with E-state index in [0.717, 1.165) is 4.90 Å². The van der Waals surface area contributed by atoms with Crippen molar-refractivity contribution in [2.24, 2.45) is 0 Å². The molecular weight excluding hydrogens is 361 g/mol. The summed E-state index contributed by atoms with van der Waals surface area (Å²) < 4.78 is 17.9. The molecule has 0 atom stereocenters. The summed E-state index contributed by atoms with van der Waals surface area (Å²) in [5.74, 6) is -0.990. The molecule has 0 radical (unpaired) electrons. The molecule has 3 amide bonds. The van der Waals surface area contributed by atoms with E-state index in [1.54, 1.807) is 12.1 Å². The second-order valence-electron chi connectivity index (χ2n) is 5.29. The first-order valence-corrected chi connectivity index (χ1v) is 8.54. The summed E-state index contributed by atoms with van der Waals surface area (Å²) in [7, 11) is 0. The largest absolute Gasteiger partial charge is 0.484 e. The van der Waals surface area contributed by atoms with Gasteiger partial charge in [-0.1, -0.05) is 0 Å². The van der Waals surface area contributed by atoms with Gasteiger partial charge < -0.3 is 10.1 Å². The Bertz CT molecular complexity index is 858. The average Bonchev–Trinajstić information content (AvgIpc) is 2.65. The van der Waals surface area contributed by atoms with E-state index in [1.807, 2.05) is 0 Å². The van der Waals surface area contributed by atoms with Crippen LogP contribution in [0.15, 0.2) is 47.4 Å². The Morgan fingerprint density at radius 2 is 1.92 bits per heavy atom. The van der Waals surface area contributed by atoms with E-state index in [2.05, 4.69) is 16.2 Å². The van der Waals surface area contributed by atoms with Gasteiger partial charge in [0.2, 0.25) is 5.91 Å². The molecule has 0 aromatic heterocycles. The Morgan fingerprint density at radius 3 is 2.69 bits per heavy atom. The molecule has 0 aliphatic carbocycles. The van der Waals surface area contributed by atoms with Crippen LogP contribution in [0.1, 0.15) is 10.4 Å². The summed E-state index contributed by atoms with van der Waals surface area (Å²) in [4.78, 5) is 36.1. The zero-order chi connectivity index (χ0) is 18.5. The van der Waals surface area contributed by atoms with Crippen molar-refractivity contribution in [3.8, 4) is 5.75 Å². The number of nitrogens with one attached hydrogen (secondary N) is 3. The standard InChI is InChI=1S/C17H14FN3O4S/c18-11-2-4-12(5-3-11)25-8-15(22)20-21-17(24)10-1-6-14-13(7-10)19-16(23)9-26-14/h1-7H,8-9H2,(H,19,23)(H,20,22)(H,21,24). The number of carbonyl (C=O) groups excluding carboxylic acids is 3. The zero-order valence-corrected chi connectivity index (χ0v) is 14.2. The number of rotatable bonds is 4. The Labute approximate surface area is 152 Å². The van der Waals surface area contributed by atoms with Crippen LogP contribution in [-0.4, -0.2) is 30.1 Å². The summed E-state index contributed by atoms with van der Waals surface area (Å²) in [6, 6.07) is 10.1. The van der Waals surface area contributed by atoms with Crippen molar-refractivity contribution in [1.82, 2.24) is 10.9 Å². The van der Waals surface area contributed by atoms with E-state index in [9.17, 15) is 18.8 Å². The lowest BCUT2D eigenvalue weighted by Gasteiger charge is -2.17. The molecule has 0 saturated carbocycles. The molecule has 2 aromatic rings. The number of hydrazine groups is 1. The number of benzene rings is 2. The minimum absolute atomic E-state index is 0.133. The molecule has 3 N–H and O–H groups in total. The van der Waals surface area contributed by atoms with Crippen LogP contribution in [0.2, 0.25) is 0 Å². The van der Waals surface area contributed by atoms with Gasteiger partial charge in [-0.15, -0.1) is 11.8 Å². The highest BCUT2D eigenvalue weighted by atomic mass is 32.2. The zero-order valence-electron chi connectivity index (χ0n) is 13.4. The molecule has 0 saturated heterocycles. The van der Waals surface area contributed by atoms with Gasteiger partial charge in [-0.3, -0.25) is 25.2 Å². The van der Waals surface area contributed by atoms with E-state index >= 15 is 0 Å². The first kappa shape index (κ1) is 17.7. The monoisotopic (exact) mass is 375 g/mol. The number of hydrogen-bond acceptors (Lipinski definition) is 5. The third kappa shape index (κ3) is 4.51. The van der Waals surface area contributed by atoms with Crippen LogP contribution < -0.4 is 20.9 Å². The van der Waals surface area contributed by atoms with E-state index < -0.39 is 17.6 Å². The van der Waals surface area contributed by atoms with Gasteiger partial charge in [0.25, 0.3) is 11.8 Å². The lowest BCUT2D eigenvalue weighted by molar-refractivity contribution is -0.123. The minimum atomic E-state index is -0.579. The highest BCUT2D eigenvalue weighted by Crippen LogP contribution is 2.31. The van der Waals surface area contributed by atoms with Crippen molar-refractivity contribution in [2.75, 3.05) is 17.7 Å². The maximum absolute atomic E-state index is 12.8. The topological polar surface area (TPSA) is 96.5 Å². The number of fused-ring (bicyclic) bond motifs is 1. The molecule has 1 aliphatic heterocycles. The molecule has 134 valence electrons. The number of carbonyl (C=O) groups is 3. The summed E-state index contributed by atoms with van der Waals surface area (Å²) in [6.07, 6.45) is 0. The van der Waals surface area contributed by atoms with E-state index in [0.29, 0.717) is 17.2 Å². The highest BCUT2D eigenvalue weighted by molar-refractivity contribution is 8.00. The third-order valence-electron chi connectivity index (χ3n) is 3.37. The van der Waals surface area contributed by atoms with Gasteiger partial charge >= 0.3 is 0 Å². The third-order valence-corrected chi connectivity index (χ3v) is 4.45. The maximum Gasteiger partial charge on any atom is 0.276 e. The van der Waals surface area contributed by atoms with Gasteiger partial charge in [0, 0.05) is 10.5 Å². The van der Waals surface area contributed by atoms with Gasteiger partial charge in [-0.25, -0.2) is 4.39 Å². The summed E-state index contributed by atoms with van der Waals surface area (Å²) in [6.45, 7) is -0.344. The fraction of sp³-hybridized carbons (Fsp3) is 0.118. The van der Waals surface area contributed by atoms with Crippen molar-refractivity contribution in [3.63, 3.8) is 0 Å². The minimum Gasteiger partial charge on any atom is -0.484 e. The molecule has 1 aliphatic rings. The normalized spacial score (nSPS) is 12.6. The van der Waals surface area contributed by atoms with Crippen LogP contribution in [0, 0.1) is 5.82 Å². The molecule has 7 nitrogen and oxygen atoms in total. The Morgan fingerprint density at radius 1 is 1.15 bits per heavy atom. The lowest BCUT2D eigenvalue weighted by Crippen LogP contribution is -2.43. The number of anilines is 1. The highest BCUT2D eigenvalue weighted by Gasteiger charge is 2.17. The van der Waals surface area contributed by atoms with Gasteiger partial charge in [0.1, 0.15) is 11.6 Å². The van der Waals surface area contributed by atoms with Gasteiger partial charge in [0.15, 0.2) is 6.61 Å². The first-order chi connectivity index (χ1) is 12.5. The van der Waals surface area contributed by atoms with Crippen LogP contribution in [-0.2, 0) is 9.59 Å². The molecule has 0 spiro atoms. The number of thioether (sulfide) groups is 1. The number of halogens is 1. The van der Waals surface area contributed by atoms with Crippen LogP contribution in [0.5, 0.6) is 5.75 Å².